The van der Waals surface area contributed by atoms with Crippen molar-refractivity contribution in [1.82, 2.24) is 0 Å². The second kappa shape index (κ2) is 4.71. The van der Waals surface area contributed by atoms with Crippen molar-refractivity contribution in [3.63, 3.8) is 0 Å². The topological polar surface area (TPSA) is 38.0 Å². The van der Waals surface area contributed by atoms with Gasteiger partial charge in [-0.2, -0.15) is 0 Å². The Morgan fingerprint density at radius 1 is 1.00 bits per heavy atom. The second-order valence-corrected chi connectivity index (χ2v) is 3.76. The third-order valence-corrected chi connectivity index (χ3v) is 2.59. The Hall–Kier alpha value is -1.96. The third kappa shape index (κ3) is 2.34. The lowest BCUT2D eigenvalue weighted by Gasteiger charge is -2.09. The molecule has 2 heteroatoms. The smallest absolute Gasteiger partial charge is 0.0388 e. The molecule has 0 amide bonds. The molecule has 0 aliphatic carbocycles. The van der Waals surface area contributed by atoms with Crippen LogP contribution < -0.4 is 11.1 Å². The van der Waals surface area contributed by atoms with E-state index in [2.05, 4.69) is 18.3 Å². The van der Waals surface area contributed by atoms with Gasteiger partial charge in [0.05, 0.1) is 0 Å². The predicted molar refractivity (Wildman–Crippen MR) is 70.0 cm³/mol. The number of nitrogens with one attached hydrogen (secondary N) is 1. The highest BCUT2D eigenvalue weighted by atomic mass is 14.9. The summed E-state index contributed by atoms with van der Waals surface area (Å²) < 4.78 is 0. The van der Waals surface area contributed by atoms with Crippen molar-refractivity contribution in [2.45, 2.75) is 13.3 Å². The molecule has 0 atom stereocenters. The summed E-state index contributed by atoms with van der Waals surface area (Å²) in [5.41, 5.74) is 10.1. The Kier molecular flexibility index (Phi) is 3.10. The molecule has 3 N–H and O–H groups in total. The Morgan fingerprint density at radius 3 is 2.44 bits per heavy atom. The maximum absolute atomic E-state index is 5.87. The van der Waals surface area contributed by atoms with E-state index >= 15 is 0 Å². The van der Waals surface area contributed by atoms with Crippen LogP contribution in [0.2, 0.25) is 0 Å². The molecule has 0 fully saturated rings. The summed E-state index contributed by atoms with van der Waals surface area (Å²) in [4.78, 5) is 0. The van der Waals surface area contributed by atoms with Crippen LogP contribution in [0.3, 0.4) is 0 Å². The molecule has 0 saturated carbocycles. The average Bonchev–Trinajstić information content (AvgIpc) is 2.33. The van der Waals surface area contributed by atoms with Crippen molar-refractivity contribution in [3.05, 3.63) is 54.1 Å². The Labute approximate surface area is 96.1 Å². The lowest BCUT2D eigenvalue weighted by molar-refractivity contribution is 1.14. The van der Waals surface area contributed by atoms with E-state index in [1.54, 1.807) is 0 Å². The zero-order valence-electron chi connectivity index (χ0n) is 9.40. The number of benzene rings is 2. The van der Waals surface area contributed by atoms with Gasteiger partial charge in [0.15, 0.2) is 0 Å². The lowest BCUT2D eigenvalue weighted by Crippen LogP contribution is -1.95. The fraction of sp³-hybridized carbons (Fsp3) is 0.143. The minimum Gasteiger partial charge on any atom is -0.399 e. The van der Waals surface area contributed by atoms with E-state index in [0.29, 0.717) is 0 Å². The first-order valence-electron chi connectivity index (χ1n) is 5.50. The maximum Gasteiger partial charge on any atom is 0.0388 e. The molecule has 0 unspecified atom stereocenters. The first kappa shape index (κ1) is 10.6. The second-order valence-electron chi connectivity index (χ2n) is 3.76. The molecule has 0 aliphatic rings. The van der Waals surface area contributed by atoms with Crippen LogP contribution in [0, 0.1) is 0 Å². The first-order chi connectivity index (χ1) is 7.79. The van der Waals surface area contributed by atoms with Crippen LogP contribution in [0.15, 0.2) is 48.5 Å². The van der Waals surface area contributed by atoms with Crippen LogP contribution in [0.25, 0.3) is 0 Å². The monoisotopic (exact) mass is 212 g/mol. The molecule has 0 radical (unpaired) electrons. The van der Waals surface area contributed by atoms with Crippen molar-refractivity contribution >= 4 is 17.1 Å². The molecule has 0 aliphatic heterocycles. The number of rotatable bonds is 3. The maximum atomic E-state index is 5.87. The quantitative estimate of drug-likeness (QED) is 0.763. The molecule has 0 aromatic heterocycles. The normalized spacial score (nSPS) is 10.1. The van der Waals surface area contributed by atoms with Crippen LogP contribution in [-0.4, -0.2) is 0 Å². The SMILES string of the molecule is CCc1cc(Nc2ccccc2)ccc1N. The molecule has 16 heavy (non-hydrogen) atoms. The van der Waals surface area contributed by atoms with Gasteiger partial charge in [-0.05, 0) is 42.3 Å². The summed E-state index contributed by atoms with van der Waals surface area (Å²) >= 11 is 0. The van der Waals surface area contributed by atoms with Crippen LogP contribution >= 0.6 is 0 Å². The van der Waals surface area contributed by atoms with Crippen molar-refractivity contribution in [3.8, 4) is 0 Å². The van der Waals surface area contributed by atoms with Gasteiger partial charge in [0.25, 0.3) is 0 Å². The van der Waals surface area contributed by atoms with E-state index in [1.165, 1.54) is 5.56 Å². The molecular formula is C14H16N2. The van der Waals surface area contributed by atoms with E-state index < -0.39 is 0 Å². The molecule has 0 saturated heterocycles. The van der Waals surface area contributed by atoms with Gasteiger partial charge in [-0.3, -0.25) is 0 Å². The molecule has 2 aromatic rings. The minimum atomic E-state index is 0.862. The molecule has 2 rings (SSSR count). The molecule has 2 aromatic carbocycles. The van der Waals surface area contributed by atoms with Crippen molar-refractivity contribution < 1.29 is 0 Å². The number of para-hydroxylation sites is 1. The summed E-state index contributed by atoms with van der Waals surface area (Å²) in [6, 6.07) is 16.2. The molecular weight excluding hydrogens is 196 g/mol. The largest absolute Gasteiger partial charge is 0.399 e. The fourth-order valence-corrected chi connectivity index (χ4v) is 1.68. The number of aryl methyl sites for hydroxylation is 1. The summed E-state index contributed by atoms with van der Waals surface area (Å²) in [6.07, 6.45) is 0.955. The van der Waals surface area contributed by atoms with Gasteiger partial charge >= 0.3 is 0 Å². The van der Waals surface area contributed by atoms with Crippen LogP contribution in [0.4, 0.5) is 17.1 Å². The van der Waals surface area contributed by atoms with E-state index in [0.717, 1.165) is 23.5 Å². The summed E-state index contributed by atoms with van der Waals surface area (Å²) in [5.74, 6) is 0. The molecule has 82 valence electrons. The predicted octanol–water partition coefficient (Wildman–Crippen LogP) is 3.57. The minimum absolute atomic E-state index is 0.862. The van der Waals surface area contributed by atoms with Gasteiger partial charge in [-0.25, -0.2) is 0 Å². The molecule has 0 spiro atoms. The Bertz CT molecular complexity index is 463. The average molecular weight is 212 g/mol. The summed E-state index contributed by atoms with van der Waals surface area (Å²) in [6.45, 7) is 2.11. The van der Waals surface area contributed by atoms with Gasteiger partial charge in [-0.1, -0.05) is 25.1 Å². The lowest BCUT2D eigenvalue weighted by atomic mass is 10.1. The molecule has 0 heterocycles. The fourth-order valence-electron chi connectivity index (χ4n) is 1.68. The zero-order chi connectivity index (χ0) is 11.4. The van der Waals surface area contributed by atoms with E-state index in [-0.39, 0.29) is 0 Å². The number of hydrogen-bond acceptors (Lipinski definition) is 2. The Balaban J connectivity index is 2.22. The number of anilines is 3. The third-order valence-electron chi connectivity index (χ3n) is 2.59. The number of nitrogens with two attached hydrogens (primary N) is 1. The number of nitrogen functional groups attached to an aromatic ring is 1. The van der Waals surface area contributed by atoms with E-state index in [1.807, 2.05) is 42.5 Å². The van der Waals surface area contributed by atoms with Gasteiger partial charge in [0.2, 0.25) is 0 Å². The van der Waals surface area contributed by atoms with Crippen molar-refractivity contribution in [2.75, 3.05) is 11.1 Å². The molecule has 0 bridgehead atoms. The standard InChI is InChI=1S/C14H16N2/c1-2-11-10-13(8-9-14(11)15)16-12-6-4-3-5-7-12/h3-10,16H,2,15H2,1H3. The molecule has 2 nitrogen and oxygen atoms in total. The Morgan fingerprint density at radius 2 is 1.75 bits per heavy atom. The first-order valence-corrected chi connectivity index (χ1v) is 5.50. The van der Waals surface area contributed by atoms with Gasteiger partial charge in [0, 0.05) is 17.1 Å². The highest BCUT2D eigenvalue weighted by molar-refractivity contribution is 5.64. The van der Waals surface area contributed by atoms with Crippen molar-refractivity contribution in [1.29, 1.82) is 0 Å². The van der Waals surface area contributed by atoms with E-state index in [4.69, 9.17) is 5.73 Å². The van der Waals surface area contributed by atoms with Crippen LogP contribution in [0.5, 0.6) is 0 Å². The van der Waals surface area contributed by atoms with Gasteiger partial charge in [-0.15, -0.1) is 0 Å². The van der Waals surface area contributed by atoms with Gasteiger partial charge in [0.1, 0.15) is 0 Å². The number of hydrogen-bond donors (Lipinski definition) is 2. The van der Waals surface area contributed by atoms with Crippen molar-refractivity contribution in [2.24, 2.45) is 0 Å². The highest BCUT2D eigenvalue weighted by Gasteiger charge is 1.99. The van der Waals surface area contributed by atoms with Crippen LogP contribution in [0.1, 0.15) is 12.5 Å². The van der Waals surface area contributed by atoms with Gasteiger partial charge < -0.3 is 11.1 Å². The summed E-state index contributed by atoms with van der Waals surface area (Å²) in [7, 11) is 0. The summed E-state index contributed by atoms with van der Waals surface area (Å²) in [5, 5.41) is 3.35. The highest BCUT2D eigenvalue weighted by Crippen LogP contribution is 2.21. The van der Waals surface area contributed by atoms with E-state index in [9.17, 15) is 0 Å². The van der Waals surface area contributed by atoms with Crippen LogP contribution in [-0.2, 0) is 6.42 Å². The zero-order valence-corrected chi connectivity index (χ0v) is 9.40.